The van der Waals surface area contributed by atoms with Crippen LogP contribution in [0.3, 0.4) is 0 Å². The third-order valence-electron chi connectivity index (χ3n) is 5.41. The largest absolute Gasteiger partial charge is 0.489 e. The number of carbonyl (C=O) groups excluding carboxylic acids is 1. The van der Waals surface area contributed by atoms with Crippen LogP contribution >= 0.6 is 0 Å². The number of pyridine rings is 1. The van der Waals surface area contributed by atoms with Gasteiger partial charge in [-0.2, -0.15) is 0 Å². The number of nitrogens with one attached hydrogen (secondary N) is 1. The van der Waals surface area contributed by atoms with Crippen molar-refractivity contribution in [2.75, 3.05) is 0 Å². The molecule has 1 atom stereocenters. The van der Waals surface area contributed by atoms with Crippen LogP contribution in [0.5, 0.6) is 5.75 Å². The Hall–Kier alpha value is -4.52. The van der Waals surface area contributed by atoms with Crippen molar-refractivity contribution < 1.29 is 9.53 Å². The number of fused-ring (bicyclic) bond motifs is 1. The molecule has 1 N–H and O–H groups in total. The Morgan fingerprint density at radius 1 is 0.970 bits per heavy atom. The van der Waals surface area contributed by atoms with Gasteiger partial charge in [0.05, 0.1) is 5.92 Å². The van der Waals surface area contributed by atoms with E-state index < -0.39 is 5.92 Å². The maximum absolute atomic E-state index is 13.6. The predicted octanol–water partition coefficient (Wildman–Crippen LogP) is 4.01. The topological polar surface area (TPSA) is 89.3 Å². The monoisotopic (exact) mass is 436 g/mol. The van der Waals surface area contributed by atoms with Crippen molar-refractivity contribution in [2.45, 2.75) is 12.5 Å². The van der Waals surface area contributed by atoms with Gasteiger partial charge in [-0.1, -0.05) is 30.3 Å². The SMILES string of the molecule is O=C(c1ccc(OCc2ccncc2)cc1)C(c1ccccc1)c1cc(=O)n2ccnc2[nH]1. The number of benzene rings is 2. The molecule has 0 amide bonds. The number of carbonyl (C=O) groups is 1. The quantitative estimate of drug-likeness (QED) is 0.390. The highest BCUT2D eigenvalue weighted by molar-refractivity contribution is 6.02. The van der Waals surface area contributed by atoms with Crippen molar-refractivity contribution in [3.05, 3.63) is 130 Å². The highest BCUT2D eigenvalue weighted by Crippen LogP contribution is 2.28. The van der Waals surface area contributed by atoms with Crippen molar-refractivity contribution in [2.24, 2.45) is 0 Å². The Bertz CT molecular complexity index is 1440. The van der Waals surface area contributed by atoms with Crippen LogP contribution in [0.25, 0.3) is 5.78 Å². The van der Waals surface area contributed by atoms with Crippen LogP contribution in [0.15, 0.2) is 102 Å². The summed E-state index contributed by atoms with van der Waals surface area (Å²) in [5.74, 6) is 0.246. The zero-order chi connectivity index (χ0) is 22.6. The summed E-state index contributed by atoms with van der Waals surface area (Å²) in [5, 5.41) is 0. The van der Waals surface area contributed by atoms with Gasteiger partial charge in [0, 0.05) is 42.1 Å². The molecule has 0 saturated carbocycles. The molecule has 3 aromatic heterocycles. The molecule has 7 nitrogen and oxygen atoms in total. The van der Waals surface area contributed by atoms with Crippen LogP contribution in [-0.4, -0.2) is 25.1 Å². The average Bonchev–Trinajstić information content (AvgIpc) is 3.34. The van der Waals surface area contributed by atoms with Crippen LogP contribution in [0.1, 0.15) is 33.1 Å². The molecule has 1 unspecified atom stereocenters. The number of aromatic amines is 1. The van der Waals surface area contributed by atoms with E-state index in [0.29, 0.717) is 29.4 Å². The summed E-state index contributed by atoms with van der Waals surface area (Å²) in [6, 6.07) is 21.7. The van der Waals surface area contributed by atoms with E-state index in [1.54, 1.807) is 49.1 Å². The van der Waals surface area contributed by atoms with Gasteiger partial charge in [0.1, 0.15) is 12.4 Å². The minimum absolute atomic E-state index is 0.131. The third kappa shape index (κ3) is 4.29. The molecule has 5 rings (SSSR count). The summed E-state index contributed by atoms with van der Waals surface area (Å²) in [7, 11) is 0. The van der Waals surface area contributed by atoms with Crippen LogP contribution in [0, 0.1) is 0 Å². The Morgan fingerprint density at radius 3 is 2.48 bits per heavy atom. The molecule has 162 valence electrons. The maximum atomic E-state index is 13.6. The van der Waals surface area contributed by atoms with Crippen molar-refractivity contribution >= 4 is 11.6 Å². The summed E-state index contributed by atoms with van der Waals surface area (Å²) in [5.41, 5.74) is 2.56. The Morgan fingerprint density at radius 2 is 1.73 bits per heavy atom. The fourth-order valence-corrected chi connectivity index (χ4v) is 3.74. The number of imidazole rings is 1. The van der Waals surface area contributed by atoms with Crippen LogP contribution in [0.4, 0.5) is 0 Å². The van der Waals surface area contributed by atoms with E-state index in [-0.39, 0.29) is 11.3 Å². The lowest BCUT2D eigenvalue weighted by atomic mass is 9.88. The maximum Gasteiger partial charge on any atom is 0.259 e. The summed E-state index contributed by atoms with van der Waals surface area (Å²) < 4.78 is 7.22. The highest BCUT2D eigenvalue weighted by atomic mass is 16.5. The van der Waals surface area contributed by atoms with E-state index in [1.165, 1.54) is 10.5 Å². The van der Waals surface area contributed by atoms with Gasteiger partial charge in [-0.15, -0.1) is 0 Å². The molecule has 0 bridgehead atoms. The molecule has 0 radical (unpaired) electrons. The van der Waals surface area contributed by atoms with E-state index in [1.807, 2.05) is 42.5 Å². The van der Waals surface area contributed by atoms with Gasteiger partial charge in [-0.05, 0) is 47.5 Å². The fraction of sp³-hybridized carbons (Fsp3) is 0.0769. The molecule has 0 saturated heterocycles. The van der Waals surface area contributed by atoms with Crippen molar-refractivity contribution in [1.82, 2.24) is 19.4 Å². The van der Waals surface area contributed by atoms with E-state index in [4.69, 9.17) is 4.74 Å². The lowest BCUT2D eigenvalue weighted by Crippen LogP contribution is -2.21. The predicted molar refractivity (Wildman–Crippen MR) is 123 cm³/mol. The van der Waals surface area contributed by atoms with Gasteiger partial charge in [-0.25, -0.2) is 4.98 Å². The number of H-pyrrole nitrogens is 1. The van der Waals surface area contributed by atoms with E-state index in [0.717, 1.165) is 11.1 Å². The number of rotatable bonds is 7. The lowest BCUT2D eigenvalue weighted by molar-refractivity contribution is 0.0972. The second-order valence-electron chi connectivity index (χ2n) is 7.56. The van der Waals surface area contributed by atoms with Gasteiger partial charge in [0.2, 0.25) is 5.78 Å². The molecule has 0 spiro atoms. The molecule has 3 heterocycles. The second-order valence-corrected chi connectivity index (χ2v) is 7.56. The van der Waals surface area contributed by atoms with Gasteiger partial charge < -0.3 is 9.72 Å². The first-order chi connectivity index (χ1) is 16.2. The van der Waals surface area contributed by atoms with Crippen molar-refractivity contribution in [3.63, 3.8) is 0 Å². The number of ketones is 1. The minimum atomic E-state index is -0.677. The molecule has 0 aliphatic heterocycles. The Kier molecular flexibility index (Phi) is 5.51. The first kappa shape index (κ1) is 20.4. The first-order valence-electron chi connectivity index (χ1n) is 10.5. The molecule has 2 aromatic carbocycles. The van der Waals surface area contributed by atoms with E-state index >= 15 is 0 Å². The van der Waals surface area contributed by atoms with E-state index in [2.05, 4.69) is 15.0 Å². The molecule has 0 fully saturated rings. The number of aromatic nitrogens is 4. The molecular formula is C26H20N4O3. The Balaban J connectivity index is 1.45. The summed E-state index contributed by atoms with van der Waals surface area (Å²) in [6.07, 6.45) is 6.56. The molecular weight excluding hydrogens is 416 g/mol. The first-order valence-corrected chi connectivity index (χ1v) is 10.5. The molecule has 0 aliphatic rings. The number of hydrogen-bond acceptors (Lipinski definition) is 5. The van der Waals surface area contributed by atoms with E-state index in [9.17, 15) is 9.59 Å². The third-order valence-corrected chi connectivity index (χ3v) is 5.41. The number of Topliss-reactive ketones (excluding diaryl/α,β-unsaturated/α-hetero) is 1. The second kappa shape index (κ2) is 8.92. The molecule has 33 heavy (non-hydrogen) atoms. The summed E-state index contributed by atoms with van der Waals surface area (Å²) in [6.45, 7) is 0.411. The van der Waals surface area contributed by atoms with Gasteiger partial charge >= 0.3 is 0 Å². The summed E-state index contributed by atoms with van der Waals surface area (Å²) in [4.78, 5) is 37.5. The van der Waals surface area contributed by atoms with Crippen LogP contribution in [0.2, 0.25) is 0 Å². The fourth-order valence-electron chi connectivity index (χ4n) is 3.74. The molecule has 5 aromatic rings. The van der Waals surface area contributed by atoms with Crippen LogP contribution in [-0.2, 0) is 6.61 Å². The van der Waals surface area contributed by atoms with Gasteiger partial charge in [0.15, 0.2) is 5.78 Å². The normalized spacial score (nSPS) is 11.9. The number of nitrogens with zero attached hydrogens (tertiary/aromatic N) is 3. The summed E-state index contributed by atoms with van der Waals surface area (Å²) >= 11 is 0. The molecule has 0 aliphatic carbocycles. The van der Waals surface area contributed by atoms with Crippen molar-refractivity contribution in [1.29, 1.82) is 0 Å². The molecule has 7 heteroatoms. The zero-order valence-corrected chi connectivity index (χ0v) is 17.6. The van der Waals surface area contributed by atoms with Gasteiger partial charge in [0.25, 0.3) is 5.56 Å². The van der Waals surface area contributed by atoms with Crippen LogP contribution < -0.4 is 10.3 Å². The zero-order valence-electron chi connectivity index (χ0n) is 17.6. The average molecular weight is 436 g/mol. The Labute approximate surface area is 189 Å². The minimum Gasteiger partial charge on any atom is -0.489 e. The lowest BCUT2D eigenvalue weighted by Gasteiger charge is -2.17. The number of ether oxygens (including phenoxy) is 1. The standard InChI is InChI=1S/C26H20N4O3/c31-23-16-22(29-26-28-14-15-30(23)26)24(19-4-2-1-3-5-19)25(32)20-6-8-21(9-7-20)33-17-18-10-12-27-13-11-18/h1-16,24H,17H2,(H,28,29). The highest BCUT2D eigenvalue weighted by Gasteiger charge is 2.26. The number of hydrogen-bond donors (Lipinski definition) is 1. The van der Waals surface area contributed by atoms with Crippen molar-refractivity contribution in [3.8, 4) is 5.75 Å². The van der Waals surface area contributed by atoms with Gasteiger partial charge in [-0.3, -0.25) is 19.0 Å². The smallest absolute Gasteiger partial charge is 0.259 e.